The summed E-state index contributed by atoms with van der Waals surface area (Å²) in [6.45, 7) is 3.92. The molecule has 0 atom stereocenters. The van der Waals surface area contributed by atoms with Gasteiger partial charge in [0.2, 0.25) is 5.89 Å². The number of anilines is 1. The largest absolute Gasteiger partial charge is 0.493 e. The quantitative estimate of drug-likeness (QED) is 0.689. The number of methoxy groups -OCH3 is 1. The first kappa shape index (κ1) is 18.4. The van der Waals surface area contributed by atoms with E-state index in [1.165, 1.54) is 18.2 Å². The van der Waals surface area contributed by atoms with Crippen molar-refractivity contribution in [1.29, 1.82) is 0 Å². The lowest BCUT2D eigenvalue weighted by molar-refractivity contribution is -0.118. The van der Waals surface area contributed by atoms with E-state index >= 15 is 0 Å². The summed E-state index contributed by atoms with van der Waals surface area (Å²) in [6, 6.07) is 13.3. The number of para-hydroxylation sites is 2. The van der Waals surface area contributed by atoms with E-state index in [1.807, 2.05) is 12.1 Å². The highest BCUT2D eigenvalue weighted by Crippen LogP contribution is 2.25. The lowest BCUT2D eigenvalue weighted by Crippen LogP contribution is -2.20. The summed E-state index contributed by atoms with van der Waals surface area (Å²) in [4.78, 5) is 12.0. The molecule has 0 radical (unpaired) electrons. The lowest BCUT2D eigenvalue weighted by atomic mass is 10.0. The third-order valence-electron chi connectivity index (χ3n) is 4.07. The van der Waals surface area contributed by atoms with Crippen LogP contribution in [0.4, 0.5) is 6.01 Å². The molecule has 3 rings (SSSR count). The van der Waals surface area contributed by atoms with Gasteiger partial charge in [0, 0.05) is 0 Å². The fourth-order valence-electron chi connectivity index (χ4n) is 2.50. The van der Waals surface area contributed by atoms with Gasteiger partial charge in [0.25, 0.3) is 5.91 Å². The van der Waals surface area contributed by atoms with Gasteiger partial charge in [0.1, 0.15) is 0 Å². The van der Waals surface area contributed by atoms with E-state index in [9.17, 15) is 4.79 Å². The molecular weight excluding hydrogens is 346 g/mol. The van der Waals surface area contributed by atoms with Crippen LogP contribution < -0.4 is 14.8 Å². The first-order valence-corrected chi connectivity index (χ1v) is 8.49. The van der Waals surface area contributed by atoms with E-state index in [0.717, 1.165) is 5.56 Å². The minimum Gasteiger partial charge on any atom is -0.493 e. The molecule has 0 unspecified atom stereocenters. The summed E-state index contributed by atoms with van der Waals surface area (Å²) in [7, 11) is 1.54. The predicted molar refractivity (Wildman–Crippen MR) is 100 cm³/mol. The summed E-state index contributed by atoms with van der Waals surface area (Å²) in [5.41, 5.74) is 3.50. The van der Waals surface area contributed by atoms with Crippen LogP contribution in [0.15, 0.2) is 46.9 Å². The van der Waals surface area contributed by atoms with Crippen molar-refractivity contribution in [2.45, 2.75) is 20.3 Å². The molecule has 1 amide bonds. The number of aryl methyl sites for hydroxylation is 2. The van der Waals surface area contributed by atoms with Crippen molar-refractivity contribution in [1.82, 2.24) is 10.2 Å². The number of rotatable bonds is 7. The molecule has 1 aromatic heterocycles. The highest BCUT2D eigenvalue weighted by molar-refractivity contribution is 5.89. The van der Waals surface area contributed by atoms with Gasteiger partial charge in [-0.15, -0.1) is 5.10 Å². The molecule has 140 valence electrons. The van der Waals surface area contributed by atoms with Gasteiger partial charge in [-0.1, -0.05) is 35.4 Å². The van der Waals surface area contributed by atoms with Crippen molar-refractivity contribution in [2.75, 3.05) is 19.0 Å². The molecule has 2 aromatic carbocycles. The third-order valence-corrected chi connectivity index (χ3v) is 4.07. The molecule has 0 aliphatic rings. The molecule has 1 N–H and O–H groups in total. The Labute approximate surface area is 157 Å². The second kappa shape index (κ2) is 8.35. The van der Waals surface area contributed by atoms with Gasteiger partial charge < -0.3 is 13.9 Å². The van der Waals surface area contributed by atoms with E-state index in [0.29, 0.717) is 23.8 Å². The zero-order valence-corrected chi connectivity index (χ0v) is 15.5. The van der Waals surface area contributed by atoms with Crippen molar-refractivity contribution in [3.8, 4) is 11.5 Å². The summed E-state index contributed by atoms with van der Waals surface area (Å²) < 4.78 is 16.1. The molecule has 0 saturated carbocycles. The fraction of sp³-hybridized carbons (Fsp3) is 0.250. The molecule has 0 aliphatic carbocycles. The van der Waals surface area contributed by atoms with E-state index in [4.69, 9.17) is 13.9 Å². The summed E-state index contributed by atoms with van der Waals surface area (Å²) >= 11 is 0. The Kier molecular flexibility index (Phi) is 5.71. The van der Waals surface area contributed by atoms with Crippen LogP contribution >= 0.6 is 0 Å². The normalized spacial score (nSPS) is 10.5. The van der Waals surface area contributed by atoms with Crippen LogP contribution in [0, 0.1) is 13.8 Å². The molecule has 0 spiro atoms. The van der Waals surface area contributed by atoms with E-state index in [2.05, 4.69) is 41.5 Å². The minimum absolute atomic E-state index is 0.0439. The van der Waals surface area contributed by atoms with Gasteiger partial charge in [0.05, 0.1) is 13.5 Å². The second-order valence-electron chi connectivity index (χ2n) is 6.08. The van der Waals surface area contributed by atoms with Crippen LogP contribution in [0.25, 0.3) is 0 Å². The molecular formula is C20H21N3O4. The average Bonchev–Trinajstić information content (AvgIpc) is 3.10. The first-order valence-electron chi connectivity index (χ1n) is 8.49. The number of ether oxygens (including phenoxy) is 2. The lowest BCUT2D eigenvalue weighted by Gasteiger charge is -2.09. The van der Waals surface area contributed by atoms with Crippen molar-refractivity contribution in [3.05, 3.63) is 65.0 Å². The molecule has 0 saturated heterocycles. The number of hydrogen-bond donors (Lipinski definition) is 1. The number of nitrogens with zero attached hydrogens (tertiary/aromatic N) is 2. The zero-order valence-electron chi connectivity index (χ0n) is 15.5. The maximum atomic E-state index is 12.0. The van der Waals surface area contributed by atoms with Gasteiger partial charge in [0.15, 0.2) is 18.1 Å². The maximum absolute atomic E-state index is 12.0. The molecule has 1 heterocycles. The second-order valence-corrected chi connectivity index (χ2v) is 6.08. The van der Waals surface area contributed by atoms with Crippen LogP contribution in [0.2, 0.25) is 0 Å². The topological polar surface area (TPSA) is 86.5 Å². The minimum atomic E-state index is -0.401. The number of hydrogen-bond acceptors (Lipinski definition) is 6. The van der Waals surface area contributed by atoms with Crippen LogP contribution in [0.3, 0.4) is 0 Å². The van der Waals surface area contributed by atoms with Crippen molar-refractivity contribution >= 4 is 11.9 Å². The molecule has 7 heteroatoms. The first-order chi connectivity index (χ1) is 13.0. The van der Waals surface area contributed by atoms with E-state index < -0.39 is 5.91 Å². The fourth-order valence-corrected chi connectivity index (χ4v) is 2.50. The van der Waals surface area contributed by atoms with E-state index in [-0.39, 0.29) is 12.6 Å². The van der Waals surface area contributed by atoms with Gasteiger partial charge in [-0.25, -0.2) is 0 Å². The summed E-state index contributed by atoms with van der Waals surface area (Å²) in [6.07, 6.45) is 0.502. The number of carbonyl (C=O) groups is 1. The SMILES string of the molecule is COc1ccccc1OCC(=O)Nc1nnc(Cc2ccc(C)c(C)c2)o1. The maximum Gasteiger partial charge on any atom is 0.322 e. The van der Waals surface area contributed by atoms with E-state index in [1.54, 1.807) is 18.2 Å². The summed E-state index contributed by atoms with van der Waals surface area (Å²) in [5, 5.41) is 10.4. The van der Waals surface area contributed by atoms with Crippen molar-refractivity contribution < 1.29 is 18.7 Å². The number of benzene rings is 2. The number of aromatic nitrogens is 2. The van der Waals surface area contributed by atoms with Gasteiger partial charge in [-0.2, -0.15) is 0 Å². The highest BCUT2D eigenvalue weighted by Gasteiger charge is 2.12. The molecule has 0 fully saturated rings. The average molecular weight is 367 g/mol. The summed E-state index contributed by atoms with van der Waals surface area (Å²) in [5.74, 6) is 1.07. The highest BCUT2D eigenvalue weighted by atomic mass is 16.5. The smallest absolute Gasteiger partial charge is 0.322 e. The number of carbonyl (C=O) groups excluding carboxylic acids is 1. The zero-order chi connectivity index (χ0) is 19.2. The van der Waals surface area contributed by atoms with Crippen LogP contribution in [0.5, 0.6) is 11.5 Å². The Balaban J connectivity index is 1.55. The van der Waals surface area contributed by atoms with Crippen molar-refractivity contribution in [3.63, 3.8) is 0 Å². The van der Waals surface area contributed by atoms with Crippen LogP contribution in [0.1, 0.15) is 22.6 Å². The number of amides is 1. The monoisotopic (exact) mass is 367 g/mol. The molecule has 3 aromatic rings. The van der Waals surface area contributed by atoms with Crippen LogP contribution in [-0.2, 0) is 11.2 Å². The van der Waals surface area contributed by atoms with Crippen molar-refractivity contribution in [2.24, 2.45) is 0 Å². The molecule has 0 aliphatic heterocycles. The Hall–Kier alpha value is -3.35. The van der Waals surface area contributed by atoms with Gasteiger partial charge in [-0.3, -0.25) is 10.1 Å². The standard InChI is InChI=1S/C20H21N3O4/c1-13-8-9-15(10-14(13)2)11-19-22-23-20(27-19)21-18(24)12-26-17-7-5-4-6-16(17)25-3/h4-10H,11-12H2,1-3H3,(H,21,23,24). The Morgan fingerprint density at radius 1 is 1.07 bits per heavy atom. The molecule has 0 bridgehead atoms. The Morgan fingerprint density at radius 2 is 1.85 bits per heavy atom. The van der Waals surface area contributed by atoms with Gasteiger partial charge >= 0.3 is 6.01 Å². The Bertz CT molecular complexity index is 936. The van der Waals surface area contributed by atoms with Gasteiger partial charge in [-0.05, 0) is 42.7 Å². The predicted octanol–water partition coefficient (Wildman–Crippen LogP) is 3.30. The molecule has 7 nitrogen and oxygen atoms in total. The third kappa shape index (κ3) is 4.84. The number of nitrogens with one attached hydrogen (secondary N) is 1. The molecule has 27 heavy (non-hydrogen) atoms. The van der Waals surface area contributed by atoms with Crippen LogP contribution in [-0.4, -0.2) is 29.8 Å². The Morgan fingerprint density at radius 3 is 2.59 bits per heavy atom.